The number of aryl methyl sites for hydroxylation is 1. The minimum atomic E-state index is -1.50. The molecule has 0 radical (unpaired) electrons. The van der Waals surface area contributed by atoms with Crippen LogP contribution in [-0.2, 0) is 0 Å². The fraction of sp³-hybridized carbons (Fsp3) is 0.167. The van der Waals surface area contributed by atoms with Crippen LogP contribution in [0.3, 0.4) is 0 Å². The molecule has 0 saturated carbocycles. The standard InChI is InChI=1S/C6H7BClNO2/c1-4-6(8)2-5(3-9-4)7(10)11/h2-3,10-11H,1H3. The maximum Gasteiger partial charge on any atom is 0.490 e. The smallest absolute Gasteiger partial charge is 0.423 e. The first-order valence-corrected chi connectivity index (χ1v) is 3.47. The monoisotopic (exact) mass is 171 g/mol. The molecule has 0 atom stereocenters. The van der Waals surface area contributed by atoms with Crippen LogP contribution in [-0.4, -0.2) is 22.2 Å². The highest BCUT2D eigenvalue weighted by atomic mass is 35.5. The maximum atomic E-state index is 8.70. The molecule has 0 unspecified atom stereocenters. The second-order valence-corrected chi connectivity index (χ2v) is 2.62. The molecule has 1 aromatic heterocycles. The molecule has 1 aromatic rings. The lowest BCUT2D eigenvalue weighted by Gasteiger charge is -2.00. The van der Waals surface area contributed by atoms with Crippen LogP contribution in [0.2, 0.25) is 5.02 Å². The van der Waals surface area contributed by atoms with Crippen molar-refractivity contribution in [3.05, 3.63) is 23.0 Å². The van der Waals surface area contributed by atoms with E-state index in [-0.39, 0.29) is 0 Å². The van der Waals surface area contributed by atoms with Gasteiger partial charge in [0.05, 0.1) is 10.7 Å². The zero-order valence-electron chi connectivity index (χ0n) is 5.95. The van der Waals surface area contributed by atoms with Gasteiger partial charge >= 0.3 is 7.12 Å². The molecule has 0 aliphatic carbocycles. The summed E-state index contributed by atoms with van der Waals surface area (Å²) in [6.07, 6.45) is 1.38. The summed E-state index contributed by atoms with van der Waals surface area (Å²) in [5.41, 5.74) is 0.983. The molecule has 0 amide bonds. The highest BCUT2D eigenvalue weighted by Crippen LogP contribution is 2.08. The second-order valence-electron chi connectivity index (χ2n) is 2.21. The quantitative estimate of drug-likeness (QED) is 0.572. The first kappa shape index (κ1) is 8.52. The van der Waals surface area contributed by atoms with Gasteiger partial charge in [0.25, 0.3) is 0 Å². The van der Waals surface area contributed by atoms with E-state index < -0.39 is 7.12 Å². The largest absolute Gasteiger partial charge is 0.490 e. The summed E-state index contributed by atoms with van der Waals surface area (Å²) in [6, 6.07) is 1.48. The van der Waals surface area contributed by atoms with E-state index in [9.17, 15) is 0 Å². The van der Waals surface area contributed by atoms with Crippen molar-refractivity contribution >= 4 is 24.2 Å². The van der Waals surface area contributed by atoms with Crippen molar-refractivity contribution in [2.75, 3.05) is 0 Å². The van der Waals surface area contributed by atoms with E-state index in [0.717, 1.165) is 0 Å². The molecule has 0 aromatic carbocycles. The van der Waals surface area contributed by atoms with Crippen molar-refractivity contribution in [2.24, 2.45) is 0 Å². The van der Waals surface area contributed by atoms with Gasteiger partial charge in [-0.3, -0.25) is 4.98 Å². The Morgan fingerprint density at radius 3 is 2.64 bits per heavy atom. The van der Waals surface area contributed by atoms with Gasteiger partial charge in [-0.25, -0.2) is 0 Å². The Balaban J connectivity index is 3.05. The molecule has 2 N–H and O–H groups in total. The highest BCUT2D eigenvalue weighted by Gasteiger charge is 2.11. The molecule has 0 fully saturated rings. The fourth-order valence-corrected chi connectivity index (χ4v) is 0.837. The van der Waals surface area contributed by atoms with Crippen LogP contribution in [0.1, 0.15) is 5.69 Å². The molecule has 1 heterocycles. The van der Waals surface area contributed by atoms with Crippen LogP contribution in [0.15, 0.2) is 12.3 Å². The lowest BCUT2D eigenvalue weighted by molar-refractivity contribution is 0.425. The van der Waals surface area contributed by atoms with Crippen LogP contribution < -0.4 is 5.46 Å². The third kappa shape index (κ3) is 1.93. The van der Waals surface area contributed by atoms with E-state index in [1.807, 2.05) is 0 Å². The lowest BCUT2D eigenvalue weighted by Crippen LogP contribution is -2.30. The highest BCUT2D eigenvalue weighted by molar-refractivity contribution is 6.58. The topological polar surface area (TPSA) is 53.4 Å². The molecule has 11 heavy (non-hydrogen) atoms. The third-order valence-electron chi connectivity index (χ3n) is 1.34. The zero-order valence-corrected chi connectivity index (χ0v) is 6.71. The van der Waals surface area contributed by atoms with Crippen LogP contribution in [0.5, 0.6) is 0 Å². The SMILES string of the molecule is Cc1ncc(B(O)O)cc1Cl. The van der Waals surface area contributed by atoms with Crippen molar-refractivity contribution in [3.8, 4) is 0 Å². The zero-order chi connectivity index (χ0) is 8.43. The Morgan fingerprint density at radius 2 is 2.18 bits per heavy atom. The molecular weight excluding hydrogens is 164 g/mol. The lowest BCUT2D eigenvalue weighted by atomic mass is 9.82. The van der Waals surface area contributed by atoms with Gasteiger partial charge in [-0.15, -0.1) is 0 Å². The number of aromatic nitrogens is 1. The van der Waals surface area contributed by atoms with E-state index in [2.05, 4.69) is 4.98 Å². The normalized spacial score (nSPS) is 9.82. The molecule has 0 bridgehead atoms. The molecule has 1 rings (SSSR count). The summed E-state index contributed by atoms with van der Waals surface area (Å²) in [7, 11) is -1.50. The predicted molar refractivity (Wildman–Crippen MR) is 43.8 cm³/mol. The van der Waals surface area contributed by atoms with E-state index in [1.165, 1.54) is 12.3 Å². The number of hydrogen-bond donors (Lipinski definition) is 2. The van der Waals surface area contributed by atoms with Crippen molar-refractivity contribution in [3.63, 3.8) is 0 Å². The van der Waals surface area contributed by atoms with Gasteiger partial charge in [0.2, 0.25) is 0 Å². The van der Waals surface area contributed by atoms with Gasteiger partial charge in [-0.05, 0) is 13.0 Å². The number of pyridine rings is 1. The predicted octanol–water partition coefficient (Wildman–Crippen LogP) is -0.277. The maximum absolute atomic E-state index is 8.70. The van der Waals surface area contributed by atoms with E-state index in [0.29, 0.717) is 16.2 Å². The van der Waals surface area contributed by atoms with Crippen LogP contribution in [0.25, 0.3) is 0 Å². The first-order valence-electron chi connectivity index (χ1n) is 3.09. The van der Waals surface area contributed by atoms with Gasteiger partial charge in [0.15, 0.2) is 0 Å². The summed E-state index contributed by atoms with van der Waals surface area (Å²) in [4.78, 5) is 3.85. The van der Waals surface area contributed by atoms with Gasteiger partial charge in [0.1, 0.15) is 0 Å². The van der Waals surface area contributed by atoms with E-state index in [4.69, 9.17) is 21.6 Å². The van der Waals surface area contributed by atoms with Gasteiger partial charge in [0, 0.05) is 11.7 Å². The first-order chi connectivity index (χ1) is 5.11. The molecule has 0 spiro atoms. The third-order valence-corrected chi connectivity index (χ3v) is 1.73. The van der Waals surface area contributed by atoms with Crippen LogP contribution in [0, 0.1) is 6.92 Å². The molecule has 0 aliphatic heterocycles. The minimum Gasteiger partial charge on any atom is -0.423 e. The summed E-state index contributed by atoms with van der Waals surface area (Å²) >= 11 is 5.67. The van der Waals surface area contributed by atoms with Crippen molar-refractivity contribution in [2.45, 2.75) is 6.92 Å². The van der Waals surface area contributed by atoms with Gasteiger partial charge in [-0.2, -0.15) is 0 Å². The number of hydrogen-bond acceptors (Lipinski definition) is 3. The Hall–Kier alpha value is -0.575. The number of halogens is 1. The van der Waals surface area contributed by atoms with Crippen LogP contribution in [0.4, 0.5) is 0 Å². The Kier molecular flexibility index (Phi) is 2.49. The Labute approximate surface area is 69.8 Å². The summed E-state index contributed by atoms with van der Waals surface area (Å²) in [6.45, 7) is 1.75. The molecule has 0 saturated heterocycles. The second kappa shape index (κ2) is 3.22. The average Bonchev–Trinajstić information content (AvgIpc) is 1.94. The number of rotatable bonds is 1. The van der Waals surface area contributed by atoms with Crippen LogP contribution >= 0.6 is 11.6 Å². The summed E-state index contributed by atoms with van der Waals surface area (Å²) in [5.74, 6) is 0. The van der Waals surface area contributed by atoms with Crippen molar-refractivity contribution in [1.82, 2.24) is 4.98 Å². The van der Waals surface area contributed by atoms with E-state index in [1.54, 1.807) is 6.92 Å². The molecule has 58 valence electrons. The molecule has 0 aliphatic rings. The van der Waals surface area contributed by atoms with Gasteiger partial charge < -0.3 is 10.0 Å². The summed E-state index contributed by atoms with van der Waals surface area (Å²) in [5, 5.41) is 17.8. The van der Waals surface area contributed by atoms with Crippen molar-refractivity contribution < 1.29 is 10.0 Å². The number of nitrogens with zero attached hydrogens (tertiary/aromatic N) is 1. The fourth-order valence-electron chi connectivity index (χ4n) is 0.662. The van der Waals surface area contributed by atoms with Gasteiger partial charge in [-0.1, -0.05) is 11.6 Å². The van der Waals surface area contributed by atoms with Crippen molar-refractivity contribution in [1.29, 1.82) is 0 Å². The molecule has 3 nitrogen and oxygen atoms in total. The minimum absolute atomic E-state index is 0.306. The molecular formula is C6H7BClNO2. The average molecular weight is 171 g/mol. The molecule has 5 heteroatoms. The Bertz CT molecular complexity index is 267. The summed E-state index contributed by atoms with van der Waals surface area (Å²) < 4.78 is 0. The van der Waals surface area contributed by atoms with E-state index >= 15 is 0 Å². The Morgan fingerprint density at radius 1 is 1.55 bits per heavy atom.